The maximum absolute atomic E-state index is 13.1. The first-order chi connectivity index (χ1) is 18.4. The number of piperazine rings is 1. The van der Waals surface area contributed by atoms with Gasteiger partial charge < -0.3 is 14.4 Å². The average Bonchev–Trinajstić information content (AvgIpc) is 3.35. The van der Waals surface area contributed by atoms with Gasteiger partial charge in [-0.2, -0.15) is 0 Å². The Labute approximate surface area is 232 Å². The van der Waals surface area contributed by atoms with Crippen LogP contribution in [0.1, 0.15) is 46.5 Å². The Morgan fingerprint density at radius 2 is 1.45 bits per heavy atom. The minimum Gasteiger partial charge on any atom is -0.447 e. The highest BCUT2D eigenvalue weighted by Crippen LogP contribution is 2.42. The fourth-order valence-electron chi connectivity index (χ4n) is 3.57. The molecule has 2 heterocycles. The lowest BCUT2D eigenvalue weighted by molar-refractivity contribution is 0.0487. The molecule has 0 amide bonds. The molecule has 0 saturated carbocycles. The van der Waals surface area contributed by atoms with Crippen LogP contribution in [0.2, 0.25) is 0 Å². The first-order valence-electron chi connectivity index (χ1n) is 13.0. The highest BCUT2D eigenvalue weighted by molar-refractivity contribution is 7.97. The Kier molecular flexibility index (Phi) is 13.5. The first kappa shape index (κ1) is 31.0. The SMILES string of the molecule is C=C(C)C.C=CC.CC.Fc1ccc(N2CCN(Sc3ccc4c(c3)OC(c3ccccc3)O4)CC2)cc1. The number of nitrogens with zero attached hydrogens (tertiary/aromatic N) is 2. The summed E-state index contributed by atoms with van der Waals surface area (Å²) in [6, 6.07) is 22.8. The molecule has 0 aromatic heterocycles. The van der Waals surface area contributed by atoms with Crippen LogP contribution in [0.4, 0.5) is 10.1 Å². The zero-order valence-corrected chi connectivity index (χ0v) is 24.1. The number of fused-ring (bicyclic) bond motifs is 1. The van der Waals surface area contributed by atoms with Gasteiger partial charge in [-0.1, -0.05) is 55.8 Å². The molecule has 0 aliphatic carbocycles. The second-order valence-electron chi connectivity index (χ2n) is 8.69. The summed E-state index contributed by atoms with van der Waals surface area (Å²) in [5.74, 6) is 1.37. The van der Waals surface area contributed by atoms with Crippen LogP contribution in [-0.2, 0) is 0 Å². The van der Waals surface area contributed by atoms with E-state index in [9.17, 15) is 4.39 Å². The van der Waals surface area contributed by atoms with Gasteiger partial charge in [0, 0.05) is 42.3 Å². The van der Waals surface area contributed by atoms with Gasteiger partial charge in [0.05, 0.1) is 0 Å². The van der Waals surface area contributed by atoms with Crippen LogP contribution in [-0.4, -0.2) is 30.5 Å². The van der Waals surface area contributed by atoms with Crippen LogP contribution >= 0.6 is 11.9 Å². The van der Waals surface area contributed by atoms with E-state index in [-0.39, 0.29) is 12.1 Å². The largest absolute Gasteiger partial charge is 0.447 e. The average molecular weight is 537 g/mol. The Morgan fingerprint density at radius 3 is 2.03 bits per heavy atom. The molecule has 0 N–H and O–H groups in total. The molecule has 1 atom stereocenters. The second-order valence-corrected chi connectivity index (χ2v) is 9.86. The van der Waals surface area contributed by atoms with Gasteiger partial charge >= 0.3 is 0 Å². The van der Waals surface area contributed by atoms with E-state index in [2.05, 4.69) is 34.5 Å². The highest BCUT2D eigenvalue weighted by atomic mass is 32.2. The smallest absolute Gasteiger partial charge is 0.267 e. The van der Waals surface area contributed by atoms with Crippen molar-refractivity contribution in [3.8, 4) is 11.5 Å². The lowest BCUT2D eigenvalue weighted by Crippen LogP contribution is -2.43. The van der Waals surface area contributed by atoms with Gasteiger partial charge in [0.2, 0.25) is 0 Å². The molecular weight excluding hydrogens is 495 g/mol. The Morgan fingerprint density at radius 1 is 0.895 bits per heavy atom. The van der Waals surface area contributed by atoms with Crippen molar-refractivity contribution in [2.24, 2.45) is 0 Å². The van der Waals surface area contributed by atoms with E-state index in [1.165, 1.54) is 17.7 Å². The van der Waals surface area contributed by atoms with Gasteiger partial charge in [0.1, 0.15) is 5.82 Å². The monoisotopic (exact) mass is 536 g/mol. The van der Waals surface area contributed by atoms with Crippen LogP contribution in [0.3, 0.4) is 0 Å². The van der Waals surface area contributed by atoms with Gasteiger partial charge in [0.25, 0.3) is 6.29 Å². The third-order valence-electron chi connectivity index (χ3n) is 5.12. The molecule has 5 rings (SSSR count). The van der Waals surface area contributed by atoms with E-state index >= 15 is 0 Å². The molecule has 1 saturated heterocycles. The summed E-state index contributed by atoms with van der Waals surface area (Å²) in [6.45, 7) is 20.4. The van der Waals surface area contributed by atoms with Crippen molar-refractivity contribution >= 4 is 17.6 Å². The number of hydrogen-bond acceptors (Lipinski definition) is 5. The van der Waals surface area contributed by atoms with Crippen LogP contribution in [0.25, 0.3) is 0 Å². The summed E-state index contributed by atoms with van der Waals surface area (Å²) in [4.78, 5) is 3.43. The van der Waals surface area contributed by atoms with Gasteiger partial charge in [-0.3, -0.25) is 0 Å². The molecule has 0 spiro atoms. The molecule has 0 radical (unpaired) electrons. The summed E-state index contributed by atoms with van der Waals surface area (Å²) in [5.41, 5.74) is 3.25. The van der Waals surface area contributed by atoms with Crippen molar-refractivity contribution in [3.63, 3.8) is 0 Å². The molecule has 1 unspecified atom stereocenters. The predicted octanol–water partition coefficient (Wildman–Crippen LogP) is 8.93. The normalized spacial score (nSPS) is 15.5. The van der Waals surface area contributed by atoms with Crippen LogP contribution in [0, 0.1) is 5.82 Å². The number of anilines is 1. The fourth-order valence-corrected chi connectivity index (χ4v) is 4.51. The van der Waals surface area contributed by atoms with E-state index in [4.69, 9.17) is 9.47 Å². The summed E-state index contributed by atoms with van der Waals surface area (Å²) < 4.78 is 27.4. The van der Waals surface area contributed by atoms with Crippen molar-refractivity contribution in [2.45, 2.75) is 45.8 Å². The minimum atomic E-state index is -0.384. The number of benzene rings is 3. The summed E-state index contributed by atoms with van der Waals surface area (Å²) in [5, 5.41) is 0. The first-order valence-corrected chi connectivity index (χ1v) is 13.8. The molecule has 2 aliphatic heterocycles. The predicted molar refractivity (Wildman–Crippen MR) is 161 cm³/mol. The number of allylic oxidation sites excluding steroid dienone is 2. The van der Waals surface area contributed by atoms with Crippen molar-refractivity contribution in [1.82, 2.24) is 4.31 Å². The van der Waals surface area contributed by atoms with Gasteiger partial charge in [-0.05, 0) is 75.2 Å². The molecule has 3 aromatic carbocycles. The van der Waals surface area contributed by atoms with Gasteiger partial charge in [-0.25, -0.2) is 8.70 Å². The number of ether oxygens (including phenoxy) is 2. The van der Waals surface area contributed by atoms with E-state index in [1.807, 2.05) is 83.1 Å². The summed E-state index contributed by atoms with van der Waals surface area (Å²) in [7, 11) is 0. The number of halogens is 1. The maximum Gasteiger partial charge on any atom is 0.267 e. The molecule has 2 aliphatic rings. The van der Waals surface area contributed by atoms with Crippen LogP contribution in [0.5, 0.6) is 11.5 Å². The second kappa shape index (κ2) is 16.6. The zero-order valence-electron chi connectivity index (χ0n) is 23.3. The molecule has 204 valence electrons. The molecule has 1 fully saturated rings. The summed E-state index contributed by atoms with van der Waals surface area (Å²) >= 11 is 1.74. The van der Waals surface area contributed by atoms with E-state index in [0.717, 1.165) is 53.8 Å². The van der Waals surface area contributed by atoms with Crippen molar-refractivity contribution in [2.75, 3.05) is 31.1 Å². The number of hydrogen-bond donors (Lipinski definition) is 0. The minimum absolute atomic E-state index is 0.194. The van der Waals surface area contributed by atoms with Gasteiger partial charge in [0.15, 0.2) is 11.5 Å². The molecule has 3 aromatic rings. The van der Waals surface area contributed by atoms with E-state index in [1.54, 1.807) is 18.0 Å². The molecule has 6 heteroatoms. The lowest BCUT2D eigenvalue weighted by Gasteiger charge is -2.35. The Balaban J connectivity index is 0.000000499. The number of rotatable bonds is 4. The van der Waals surface area contributed by atoms with E-state index < -0.39 is 0 Å². The fraction of sp³-hybridized carbons (Fsp3) is 0.312. The quantitative estimate of drug-likeness (QED) is 0.245. The third kappa shape index (κ3) is 9.92. The van der Waals surface area contributed by atoms with Crippen molar-refractivity contribution < 1.29 is 13.9 Å². The standard InChI is InChI=1S/C23H21FN2O2S.C4H8.C3H6.C2H6/c24-18-6-8-19(9-7-18)25-12-14-26(15-13-25)29-20-10-11-21-22(16-20)28-23(27-21)17-4-2-1-3-5-17;1-4(2)3;1-3-2;1-2/h1-11,16,23H,12-15H2;1H2,2-3H3;3H,1H2,2H3;1-2H3. The van der Waals surface area contributed by atoms with E-state index in [0.29, 0.717) is 0 Å². The van der Waals surface area contributed by atoms with Crippen LogP contribution in [0.15, 0.2) is 102 Å². The van der Waals surface area contributed by atoms with Gasteiger partial charge in [-0.15, -0.1) is 13.2 Å². The molecule has 38 heavy (non-hydrogen) atoms. The maximum atomic E-state index is 13.1. The van der Waals surface area contributed by atoms with Crippen molar-refractivity contribution in [3.05, 3.63) is 109 Å². The molecule has 0 bridgehead atoms. The third-order valence-corrected chi connectivity index (χ3v) is 6.21. The molecular formula is C32H41FN2O2S. The van der Waals surface area contributed by atoms with Crippen LogP contribution < -0.4 is 14.4 Å². The zero-order chi connectivity index (χ0) is 27.9. The Bertz CT molecular complexity index is 1110. The lowest BCUT2D eigenvalue weighted by atomic mass is 10.2. The van der Waals surface area contributed by atoms with Crippen molar-refractivity contribution in [1.29, 1.82) is 0 Å². The topological polar surface area (TPSA) is 24.9 Å². The molecule has 4 nitrogen and oxygen atoms in total. The highest BCUT2D eigenvalue weighted by Gasteiger charge is 2.26. The summed E-state index contributed by atoms with van der Waals surface area (Å²) in [6.07, 6.45) is 1.37. The Hall–Kier alpha value is -3.22.